The maximum atomic E-state index is 12.2. The molecule has 1 fully saturated rings. The summed E-state index contributed by atoms with van der Waals surface area (Å²) in [4.78, 5) is 0.411. The Bertz CT molecular complexity index is 491. The topological polar surface area (TPSA) is 37.1 Å². The van der Waals surface area contributed by atoms with E-state index in [4.69, 9.17) is 0 Å². The molecule has 2 unspecified atom stereocenters. The fourth-order valence-electron chi connectivity index (χ4n) is 2.04. The normalized spacial score (nSPS) is 24.0. The van der Waals surface area contributed by atoms with Crippen molar-refractivity contribution in [3.05, 3.63) is 29.8 Å². The first-order valence-corrected chi connectivity index (χ1v) is 7.44. The first-order valence-electron chi connectivity index (χ1n) is 6.00. The average molecular weight is 253 g/mol. The predicted molar refractivity (Wildman–Crippen MR) is 68.3 cm³/mol. The van der Waals surface area contributed by atoms with Crippen LogP contribution in [0, 0.1) is 12.8 Å². The van der Waals surface area contributed by atoms with Gasteiger partial charge in [-0.05, 0) is 31.4 Å². The van der Waals surface area contributed by atoms with Gasteiger partial charge in [-0.3, -0.25) is 0 Å². The molecule has 0 N–H and O–H groups in total. The summed E-state index contributed by atoms with van der Waals surface area (Å²) in [6.45, 7) is 6.87. The van der Waals surface area contributed by atoms with Crippen molar-refractivity contribution in [2.45, 2.75) is 38.1 Å². The Kier molecular flexibility index (Phi) is 3.27. The van der Waals surface area contributed by atoms with Crippen LogP contribution in [-0.2, 0) is 10.0 Å². The van der Waals surface area contributed by atoms with Crippen LogP contribution in [0.4, 0.5) is 0 Å². The molecule has 0 saturated carbocycles. The van der Waals surface area contributed by atoms with Crippen LogP contribution in [0.3, 0.4) is 0 Å². The van der Waals surface area contributed by atoms with Gasteiger partial charge in [0.05, 0.1) is 4.90 Å². The van der Waals surface area contributed by atoms with E-state index in [1.54, 1.807) is 16.4 Å². The van der Waals surface area contributed by atoms with E-state index in [9.17, 15) is 8.42 Å². The average Bonchev–Trinajstić information content (AvgIpc) is 2.97. The largest absolute Gasteiger partial charge is 0.243 e. The molecule has 94 valence electrons. The summed E-state index contributed by atoms with van der Waals surface area (Å²) in [6, 6.07) is 7.27. The molecule has 4 heteroatoms. The van der Waals surface area contributed by atoms with Gasteiger partial charge < -0.3 is 0 Å². The standard InChI is InChI=1S/C13H19NO2S/c1-10(2)8-12-9-14(12)17(15,16)13-6-4-11(3)5-7-13/h4-7,10,12H,8-9H2,1-3H3. The molecule has 0 bridgehead atoms. The van der Waals surface area contributed by atoms with E-state index in [0.29, 0.717) is 17.4 Å². The first kappa shape index (κ1) is 12.6. The lowest BCUT2D eigenvalue weighted by molar-refractivity contribution is 0.516. The highest BCUT2D eigenvalue weighted by molar-refractivity contribution is 7.89. The van der Waals surface area contributed by atoms with Crippen molar-refractivity contribution in [3.63, 3.8) is 0 Å². The fourth-order valence-corrected chi connectivity index (χ4v) is 3.63. The Morgan fingerprint density at radius 3 is 2.41 bits per heavy atom. The highest BCUT2D eigenvalue weighted by atomic mass is 32.2. The summed E-state index contributed by atoms with van der Waals surface area (Å²) in [5.74, 6) is 0.540. The van der Waals surface area contributed by atoms with Gasteiger partial charge in [0, 0.05) is 12.6 Å². The number of benzene rings is 1. The Labute approximate surface area is 104 Å². The van der Waals surface area contributed by atoms with E-state index in [-0.39, 0.29) is 6.04 Å². The van der Waals surface area contributed by atoms with Crippen LogP contribution in [-0.4, -0.2) is 25.3 Å². The molecular formula is C13H19NO2S. The minimum atomic E-state index is -3.24. The van der Waals surface area contributed by atoms with Crippen molar-refractivity contribution >= 4 is 10.0 Å². The molecule has 0 aliphatic carbocycles. The highest BCUT2D eigenvalue weighted by Gasteiger charge is 2.44. The van der Waals surface area contributed by atoms with Crippen LogP contribution < -0.4 is 0 Å². The number of hydrogen-bond donors (Lipinski definition) is 0. The second-order valence-corrected chi connectivity index (χ2v) is 7.06. The molecule has 1 aromatic rings. The molecule has 0 amide bonds. The molecule has 1 aromatic carbocycles. The number of sulfonamides is 1. The summed E-state index contributed by atoms with van der Waals surface area (Å²) in [6.07, 6.45) is 0.949. The fraction of sp³-hybridized carbons (Fsp3) is 0.538. The molecular weight excluding hydrogens is 234 g/mol. The second-order valence-electron chi connectivity index (χ2n) is 5.17. The van der Waals surface area contributed by atoms with Crippen molar-refractivity contribution in [2.24, 2.45) is 5.92 Å². The monoisotopic (exact) mass is 253 g/mol. The lowest BCUT2D eigenvalue weighted by atomic mass is 10.1. The number of rotatable bonds is 4. The maximum Gasteiger partial charge on any atom is 0.243 e. The summed E-state index contributed by atoms with van der Waals surface area (Å²) >= 11 is 0. The summed E-state index contributed by atoms with van der Waals surface area (Å²) in [7, 11) is -3.24. The van der Waals surface area contributed by atoms with E-state index in [1.807, 2.05) is 19.1 Å². The van der Waals surface area contributed by atoms with Gasteiger partial charge in [-0.2, -0.15) is 4.31 Å². The van der Waals surface area contributed by atoms with Crippen molar-refractivity contribution in [2.75, 3.05) is 6.54 Å². The summed E-state index contributed by atoms with van der Waals surface area (Å²) in [5, 5.41) is 0. The maximum absolute atomic E-state index is 12.2. The van der Waals surface area contributed by atoms with Crippen molar-refractivity contribution in [1.82, 2.24) is 4.31 Å². The molecule has 0 radical (unpaired) electrons. The molecule has 3 nitrogen and oxygen atoms in total. The van der Waals surface area contributed by atoms with E-state index in [1.165, 1.54) is 0 Å². The molecule has 17 heavy (non-hydrogen) atoms. The van der Waals surface area contributed by atoms with Gasteiger partial charge in [-0.1, -0.05) is 31.5 Å². The minimum absolute atomic E-state index is 0.210. The van der Waals surface area contributed by atoms with E-state index < -0.39 is 10.0 Å². The van der Waals surface area contributed by atoms with Gasteiger partial charge >= 0.3 is 0 Å². The molecule has 2 atom stereocenters. The van der Waals surface area contributed by atoms with Gasteiger partial charge in [0.1, 0.15) is 0 Å². The van der Waals surface area contributed by atoms with E-state index in [2.05, 4.69) is 13.8 Å². The third kappa shape index (κ3) is 2.69. The smallest absolute Gasteiger partial charge is 0.207 e. The van der Waals surface area contributed by atoms with Crippen LogP contribution >= 0.6 is 0 Å². The number of nitrogens with zero attached hydrogens (tertiary/aromatic N) is 1. The van der Waals surface area contributed by atoms with Gasteiger partial charge in [0.25, 0.3) is 0 Å². The second kappa shape index (κ2) is 4.42. The van der Waals surface area contributed by atoms with Gasteiger partial charge in [0.15, 0.2) is 0 Å². The lowest BCUT2D eigenvalue weighted by Gasteiger charge is -2.07. The zero-order valence-corrected chi connectivity index (χ0v) is 11.4. The molecule has 1 saturated heterocycles. The lowest BCUT2D eigenvalue weighted by Crippen LogP contribution is -2.15. The van der Waals surface area contributed by atoms with Crippen LogP contribution in [0.2, 0.25) is 0 Å². The Balaban J connectivity index is 2.13. The zero-order chi connectivity index (χ0) is 12.6. The molecule has 0 aromatic heterocycles. The Morgan fingerprint density at radius 2 is 1.88 bits per heavy atom. The molecule has 1 aliphatic rings. The van der Waals surface area contributed by atoms with Crippen LogP contribution in [0.5, 0.6) is 0 Å². The minimum Gasteiger partial charge on any atom is -0.207 e. The predicted octanol–water partition coefficient (Wildman–Crippen LogP) is 2.41. The first-order chi connectivity index (χ1) is 7.91. The number of aryl methyl sites for hydroxylation is 1. The van der Waals surface area contributed by atoms with Crippen LogP contribution in [0.25, 0.3) is 0 Å². The van der Waals surface area contributed by atoms with Gasteiger partial charge in [-0.25, -0.2) is 8.42 Å². The van der Waals surface area contributed by atoms with E-state index in [0.717, 1.165) is 12.0 Å². The van der Waals surface area contributed by atoms with Gasteiger partial charge in [-0.15, -0.1) is 0 Å². The van der Waals surface area contributed by atoms with E-state index >= 15 is 0 Å². The third-order valence-electron chi connectivity index (χ3n) is 3.04. The molecule has 2 rings (SSSR count). The zero-order valence-electron chi connectivity index (χ0n) is 10.6. The quantitative estimate of drug-likeness (QED) is 0.773. The number of hydrogen-bond acceptors (Lipinski definition) is 2. The van der Waals surface area contributed by atoms with Crippen molar-refractivity contribution in [3.8, 4) is 0 Å². The van der Waals surface area contributed by atoms with Gasteiger partial charge in [0.2, 0.25) is 10.0 Å². The highest BCUT2D eigenvalue weighted by Crippen LogP contribution is 2.32. The van der Waals surface area contributed by atoms with Crippen LogP contribution in [0.15, 0.2) is 29.2 Å². The van der Waals surface area contributed by atoms with Crippen LogP contribution in [0.1, 0.15) is 25.8 Å². The molecule has 0 spiro atoms. The van der Waals surface area contributed by atoms with Crippen molar-refractivity contribution < 1.29 is 8.42 Å². The van der Waals surface area contributed by atoms with Crippen molar-refractivity contribution in [1.29, 1.82) is 0 Å². The Hall–Kier alpha value is -0.870. The SMILES string of the molecule is Cc1ccc(S(=O)(=O)N2CC2CC(C)C)cc1. The summed E-state index contributed by atoms with van der Waals surface area (Å²) < 4.78 is 26.0. The summed E-state index contributed by atoms with van der Waals surface area (Å²) in [5.41, 5.74) is 1.08. The molecule has 1 aliphatic heterocycles. The Morgan fingerprint density at radius 1 is 1.29 bits per heavy atom. The molecule has 1 heterocycles. The third-order valence-corrected chi connectivity index (χ3v) is 4.97.